The summed E-state index contributed by atoms with van der Waals surface area (Å²) in [6.45, 7) is 5.95. The highest BCUT2D eigenvalue weighted by Crippen LogP contribution is 2.50. The second kappa shape index (κ2) is 4.14. The minimum absolute atomic E-state index is 0.272. The van der Waals surface area contributed by atoms with Crippen LogP contribution in [0.5, 0.6) is 0 Å². The molecule has 1 saturated carbocycles. The highest BCUT2D eigenvalue weighted by molar-refractivity contribution is 5.72. The van der Waals surface area contributed by atoms with E-state index in [4.69, 9.17) is 4.74 Å². The maximum atomic E-state index is 12.1. The Morgan fingerprint density at radius 2 is 1.94 bits per heavy atom. The molecule has 2 aliphatic rings. The molecule has 1 saturated heterocycles. The third-order valence-electron chi connectivity index (χ3n) is 3.67. The number of carbonyl (C=O) groups excluding carboxylic acids is 2. The average molecular weight is 254 g/mol. The summed E-state index contributed by atoms with van der Waals surface area (Å²) >= 11 is 0. The van der Waals surface area contributed by atoms with Gasteiger partial charge >= 0.3 is 6.09 Å². The second-order valence-corrected chi connectivity index (χ2v) is 6.37. The van der Waals surface area contributed by atoms with E-state index in [0.717, 1.165) is 12.8 Å². The van der Waals surface area contributed by atoms with Gasteiger partial charge in [-0.05, 0) is 46.5 Å². The standard InChI is InChI=1S/C13H21NO4/c1-12(2,3)18-11(17)14-7-4-9(10(15)16)8-13(14)5-6-13/h9H,4-8H2,1-3H3,(H,15,16)/p-1. The molecule has 2 fully saturated rings. The van der Waals surface area contributed by atoms with Crippen LogP contribution in [-0.2, 0) is 9.53 Å². The molecule has 0 aromatic heterocycles. The van der Waals surface area contributed by atoms with Crippen molar-refractivity contribution >= 4 is 12.1 Å². The SMILES string of the molecule is CC(C)(C)OC(=O)N1CCC(C(=O)[O-])CC12CC2. The average Bonchev–Trinajstić information content (AvgIpc) is 2.95. The number of amides is 1. The maximum Gasteiger partial charge on any atom is 0.410 e. The Bertz CT molecular complexity index is 368. The molecule has 1 aliphatic heterocycles. The number of carboxylic acid groups (broad SMARTS) is 1. The summed E-state index contributed by atoms with van der Waals surface area (Å²) in [5.74, 6) is -1.42. The number of hydrogen-bond acceptors (Lipinski definition) is 4. The van der Waals surface area contributed by atoms with E-state index in [1.807, 2.05) is 20.8 Å². The van der Waals surface area contributed by atoms with Crippen molar-refractivity contribution in [2.75, 3.05) is 6.54 Å². The molecular formula is C13H20NO4-. The van der Waals surface area contributed by atoms with Crippen molar-refractivity contribution in [3.05, 3.63) is 0 Å². The lowest BCUT2D eigenvalue weighted by Crippen LogP contribution is -2.52. The van der Waals surface area contributed by atoms with E-state index in [-0.39, 0.29) is 11.6 Å². The van der Waals surface area contributed by atoms with E-state index in [1.165, 1.54) is 0 Å². The van der Waals surface area contributed by atoms with Gasteiger partial charge in [0.25, 0.3) is 0 Å². The molecule has 2 rings (SSSR count). The Morgan fingerprint density at radius 1 is 1.33 bits per heavy atom. The van der Waals surface area contributed by atoms with Crippen molar-refractivity contribution < 1.29 is 19.4 Å². The molecule has 1 spiro atoms. The van der Waals surface area contributed by atoms with Gasteiger partial charge in [-0.25, -0.2) is 4.79 Å². The van der Waals surface area contributed by atoms with Crippen molar-refractivity contribution in [1.29, 1.82) is 0 Å². The summed E-state index contributed by atoms with van der Waals surface area (Å²) in [5.41, 5.74) is -0.788. The Kier molecular flexibility index (Phi) is 3.03. The number of hydrogen-bond donors (Lipinski definition) is 0. The van der Waals surface area contributed by atoms with Gasteiger partial charge in [0, 0.05) is 24.0 Å². The Morgan fingerprint density at radius 3 is 2.39 bits per heavy atom. The van der Waals surface area contributed by atoms with Crippen LogP contribution in [0.2, 0.25) is 0 Å². The Hall–Kier alpha value is -1.26. The first-order chi connectivity index (χ1) is 8.23. The molecule has 0 bridgehead atoms. The molecule has 0 aromatic carbocycles. The second-order valence-electron chi connectivity index (χ2n) is 6.37. The van der Waals surface area contributed by atoms with Crippen LogP contribution in [0, 0.1) is 5.92 Å². The van der Waals surface area contributed by atoms with E-state index in [2.05, 4.69) is 0 Å². The van der Waals surface area contributed by atoms with Crippen LogP contribution in [0.3, 0.4) is 0 Å². The van der Waals surface area contributed by atoms with Crippen LogP contribution in [0.15, 0.2) is 0 Å². The normalized spacial score (nSPS) is 25.9. The molecule has 102 valence electrons. The predicted octanol–water partition coefficient (Wildman–Crippen LogP) is 0.916. The number of aliphatic carboxylic acids is 1. The monoisotopic (exact) mass is 254 g/mol. The molecule has 0 radical (unpaired) electrons. The number of nitrogens with zero attached hydrogens (tertiary/aromatic N) is 1. The van der Waals surface area contributed by atoms with E-state index >= 15 is 0 Å². The van der Waals surface area contributed by atoms with Gasteiger partial charge in [0.15, 0.2) is 0 Å². The zero-order chi connectivity index (χ0) is 13.6. The fraction of sp³-hybridized carbons (Fsp3) is 0.846. The fourth-order valence-corrected chi connectivity index (χ4v) is 2.61. The van der Waals surface area contributed by atoms with Gasteiger partial charge in [-0.3, -0.25) is 0 Å². The van der Waals surface area contributed by atoms with Gasteiger partial charge in [0.05, 0.1) is 0 Å². The van der Waals surface area contributed by atoms with Crippen LogP contribution in [0.25, 0.3) is 0 Å². The number of likely N-dealkylation sites (tertiary alicyclic amines) is 1. The molecule has 1 unspecified atom stereocenters. The highest BCUT2D eigenvalue weighted by atomic mass is 16.6. The summed E-state index contributed by atoms with van der Waals surface area (Å²) < 4.78 is 5.37. The van der Waals surface area contributed by atoms with Crippen LogP contribution >= 0.6 is 0 Å². The minimum Gasteiger partial charge on any atom is -0.550 e. The van der Waals surface area contributed by atoms with Gasteiger partial charge in [-0.2, -0.15) is 0 Å². The van der Waals surface area contributed by atoms with Gasteiger partial charge in [-0.1, -0.05) is 0 Å². The Labute approximate surface area is 107 Å². The summed E-state index contributed by atoms with van der Waals surface area (Å²) in [5, 5.41) is 10.9. The lowest BCUT2D eigenvalue weighted by Gasteiger charge is -2.40. The number of piperidine rings is 1. The molecule has 0 N–H and O–H groups in total. The quantitative estimate of drug-likeness (QED) is 0.697. The zero-order valence-corrected chi connectivity index (χ0v) is 11.2. The van der Waals surface area contributed by atoms with Crippen LogP contribution < -0.4 is 5.11 Å². The molecular weight excluding hydrogens is 234 g/mol. The molecule has 1 atom stereocenters. The van der Waals surface area contributed by atoms with Crippen molar-refractivity contribution in [3.8, 4) is 0 Å². The molecule has 18 heavy (non-hydrogen) atoms. The van der Waals surface area contributed by atoms with Crippen LogP contribution in [0.1, 0.15) is 46.5 Å². The van der Waals surface area contributed by atoms with Gasteiger partial charge in [0.1, 0.15) is 5.60 Å². The topological polar surface area (TPSA) is 69.7 Å². The molecule has 1 amide bonds. The van der Waals surface area contributed by atoms with Gasteiger partial charge in [0.2, 0.25) is 0 Å². The maximum absolute atomic E-state index is 12.1. The van der Waals surface area contributed by atoms with Crippen molar-refractivity contribution in [1.82, 2.24) is 4.90 Å². The summed E-state index contributed by atoms with van der Waals surface area (Å²) in [6, 6.07) is 0. The van der Waals surface area contributed by atoms with Crippen molar-refractivity contribution in [2.45, 2.75) is 57.6 Å². The lowest BCUT2D eigenvalue weighted by molar-refractivity contribution is -0.313. The van der Waals surface area contributed by atoms with E-state index in [1.54, 1.807) is 4.90 Å². The van der Waals surface area contributed by atoms with Crippen LogP contribution in [-0.4, -0.2) is 34.6 Å². The zero-order valence-electron chi connectivity index (χ0n) is 11.2. The Balaban J connectivity index is 2.03. The van der Waals surface area contributed by atoms with E-state index < -0.39 is 17.5 Å². The molecule has 1 aliphatic carbocycles. The first-order valence-corrected chi connectivity index (χ1v) is 6.45. The number of rotatable bonds is 1. The minimum atomic E-state index is -0.995. The van der Waals surface area contributed by atoms with Crippen molar-refractivity contribution in [3.63, 3.8) is 0 Å². The fourth-order valence-electron chi connectivity index (χ4n) is 2.61. The number of ether oxygens (including phenoxy) is 1. The summed E-state index contributed by atoms with van der Waals surface area (Å²) in [4.78, 5) is 24.7. The number of carbonyl (C=O) groups is 2. The van der Waals surface area contributed by atoms with E-state index in [9.17, 15) is 14.7 Å². The third-order valence-corrected chi connectivity index (χ3v) is 3.67. The van der Waals surface area contributed by atoms with Crippen molar-refractivity contribution in [2.24, 2.45) is 5.92 Å². The number of carboxylic acids is 1. The van der Waals surface area contributed by atoms with Crippen LogP contribution in [0.4, 0.5) is 4.79 Å². The predicted molar refractivity (Wildman–Crippen MR) is 62.6 cm³/mol. The molecule has 0 aromatic rings. The first kappa shape index (κ1) is 13.2. The van der Waals surface area contributed by atoms with E-state index in [0.29, 0.717) is 19.4 Å². The van der Waals surface area contributed by atoms with Gasteiger partial charge < -0.3 is 19.5 Å². The lowest BCUT2D eigenvalue weighted by atomic mass is 9.89. The largest absolute Gasteiger partial charge is 0.550 e. The molecule has 5 heteroatoms. The smallest absolute Gasteiger partial charge is 0.410 e. The highest BCUT2D eigenvalue weighted by Gasteiger charge is 2.54. The summed E-state index contributed by atoms with van der Waals surface area (Å²) in [6.07, 6.45) is 2.39. The summed E-state index contributed by atoms with van der Waals surface area (Å²) in [7, 11) is 0. The third kappa shape index (κ3) is 2.60. The first-order valence-electron chi connectivity index (χ1n) is 6.45. The van der Waals surface area contributed by atoms with Gasteiger partial charge in [-0.15, -0.1) is 0 Å². The molecule has 1 heterocycles. The molecule has 5 nitrogen and oxygen atoms in total.